The van der Waals surface area contributed by atoms with Crippen molar-refractivity contribution in [2.75, 3.05) is 0 Å². The average molecular weight is 211 g/mol. The van der Waals surface area contributed by atoms with Gasteiger partial charge in [0.15, 0.2) is 5.89 Å². The van der Waals surface area contributed by atoms with Gasteiger partial charge in [-0.25, -0.2) is 9.78 Å². The molecule has 1 heterocycles. The Labute approximate surface area is 89.3 Å². The van der Waals surface area contributed by atoms with Gasteiger partial charge in [-0.05, 0) is 20.8 Å². The molecular weight excluding hydrogens is 194 g/mol. The molecule has 0 aliphatic heterocycles. The first-order valence-electron chi connectivity index (χ1n) is 4.84. The van der Waals surface area contributed by atoms with Crippen molar-refractivity contribution in [3.63, 3.8) is 0 Å². The molecule has 5 nitrogen and oxygen atoms in total. The van der Waals surface area contributed by atoms with E-state index in [1.165, 1.54) is 6.26 Å². The lowest BCUT2D eigenvalue weighted by Gasteiger charge is -2.20. The minimum absolute atomic E-state index is 0.205. The van der Waals surface area contributed by atoms with Gasteiger partial charge in [0, 0.05) is 12.5 Å². The van der Waals surface area contributed by atoms with Crippen LogP contribution < -0.4 is 10.6 Å². The number of carbonyl (C=O) groups excluding carboxylic acids is 1. The van der Waals surface area contributed by atoms with E-state index in [-0.39, 0.29) is 11.6 Å². The Morgan fingerprint density at radius 3 is 2.67 bits per heavy atom. The summed E-state index contributed by atoms with van der Waals surface area (Å²) in [5, 5.41) is 5.48. The Hall–Kier alpha value is -1.52. The number of carbonyl (C=O) groups is 1. The maximum atomic E-state index is 11.4. The van der Waals surface area contributed by atoms with E-state index in [1.807, 2.05) is 20.8 Å². The number of rotatable bonds is 2. The topological polar surface area (TPSA) is 67.2 Å². The van der Waals surface area contributed by atoms with Crippen molar-refractivity contribution in [2.45, 2.75) is 39.8 Å². The zero-order valence-electron chi connectivity index (χ0n) is 9.55. The van der Waals surface area contributed by atoms with Crippen LogP contribution in [0.25, 0.3) is 0 Å². The molecule has 0 aliphatic carbocycles. The Bertz CT molecular complexity index is 339. The summed E-state index contributed by atoms with van der Waals surface area (Å²) in [6, 6.07) is -0.205. The van der Waals surface area contributed by atoms with E-state index < -0.39 is 0 Å². The lowest BCUT2D eigenvalue weighted by molar-refractivity contribution is 0.231. The first kappa shape index (κ1) is 11.6. The van der Waals surface area contributed by atoms with Crippen molar-refractivity contribution in [2.24, 2.45) is 0 Å². The van der Waals surface area contributed by atoms with E-state index in [2.05, 4.69) is 15.6 Å². The van der Waals surface area contributed by atoms with E-state index in [1.54, 1.807) is 6.92 Å². The van der Waals surface area contributed by atoms with Crippen molar-refractivity contribution >= 4 is 6.03 Å². The van der Waals surface area contributed by atoms with Gasteiger partial charge in [-0.15, -0.1) is 0 Å². The zero-order chi connectivity index (χ0) is 11.5. The molecule has 0 unspecified atom stereocenters. The van der Waals surface area contributed by atoms with Gasteiger partial charge >= 0.3 is 6.03 Å². The summed E-state index contributed by atoms with van der Waals surface area (Å²) in [4.78, 5) is 15.4. The van der Waals surface area contributed by atoms with Gasteiger partial charge in [0.05, 0.1) is 12.2 Å². The lowest BCUT2D eigenvalue weighted by atomic mass is 10.1. The van der Waals surface area contributed by atoms with Crippen molar-refractivity contribution in [3.05, 3.63) is 17.8 Å². The van der Waals surface area contributed by atoms with Crippen LogP contribution in [0.4, 0.5) is 4.79 Å². The van der Waals surface area contributed by atoms with Gasteiger partial charge < -0.3 is 15.1 Å². The largest absolute Gasteiger partial charge is 0.449 e. The molecule has 0 spiro atoms. The number of hydrogen-bond acceptors (Lipinski definition) is 3. The van der Waals surface area contributed by atoms with Crippen LogP contribution in [0.2, 0.25) is 0 Å². The molecule has 0 radical (unpaired) electrons. The molecule has 1 aromatic rings. The maximum absolute atomic E-state index is 11.4. The second-order valence-electron chi connectivity index (χ2n) is 4.42. The van der Waals surface area contributed by atoms with Gasteiger partial charge in [-0.1, -0.05) is 0 Å². The number of nitrogens with one attached hydrogen (secondary N) is 2. The van der Waals surface area contributed by atoms with E-state index in [9.17, 15) is 4.79 Å². The van der Waals surface area contributed by atoms with Crippen LogP contribution in [-0.4, -0.2) is 16.6 Å². The van der Waals surface area contributed by atoms with E-state index >= 15 is 0 Å². The minimum atomic E-state index is -0.232. The van der Waals surface area contributed by atoms with Crippen LogP contribution >= 0.6 is 0 Å². The minimum Gasteiger partial charge on any atom is -0.449 e. The van der Waals surface area contributed by atoms with Crippen LogP contribution in [0.1, 0.15) is 32.4 Å². The summed E-state index contributed by atoms with van der Waals surface area (Å²) in [6.07, 6.45) is 1.53. The molecule has 15 heavy (non-hydrogen) atoms. The van der Waals surface area contributed by atoms with Crippen LogP contribution in [-0.2, 0) is 6.54 Å². The maximum Gasteiger partial charge on any atom is 0.315 e. The van der Waals surface area contributed by atoms with Gasteiger partial charge in [0.25, 0.3) is 0 Å². The Balaban J connectivity index is 2.35. The number of aromatic nitrogens is 1. The Morgan fingerprint density at radius 2 is 2.20 bits per heavy atom. The fraction of sp³-hybridized carbons (Fsp3) is 0.600. The molecule has 0 aliphatic rings. The van der Waals surface area contributed by atoms with Gasteiger partial charge in [-0.2, -0.15) is 0 Å². The summed E-state index contributed by atoms with van der Waals surface area (Å²) < 4.78 is 5.01. The molecule has 5 heteroatoms. The number of amides is 2. The second kappa shape index (κ2) is 4.33. The molecule has 0 aromatic carbocycles. The summed E-state index contributed by atoms with van der Waals surface area (Å²) in [7, 11) is 0. The monoisotopic (exact) mass is 211 g/mol. The van der Waals surface area contributed by atoms with Crippen LogP contribution in [0, 0.1) is 6.92 Å². The van der Waals surface area contributed by atoms with Gasteiger partial charge in [-0.3, -0.25) is 0 Å². The zero-order valence-corrected chi connectivity index (χ0v) is 9.55. The fourth-order valence-electron chi connectivity index (χ4n) is 1.05. The normalized spacial score (nSPS) is 11.2. The van der Waals surface area contributed by atoms with Crippen LogP contribution in [0.5, 0.6) is 0 Å². The second-order valence-corrected chi connectivity index (χ2v) is 4.42. The van der Waals surface area contributed by atoms with Crippen molar-refractivity contribution in [1.82, 2.24) is 15.6 Å². The molecule has 2 N–H and O–H groups in total. The summed E-state index contributed by atoms with van der Waals surface area (Å²) >= 11 is 0. The number of oxazole rings is 1. The van der Waals surface area contributed by atoms with Crippen molar-refractivity contribution in [3.8, 4) is 0 Å². The first-order valence-corrected chi connectivity index (χ1v) is 4.84. The Kier molecular flexibility index (Phi) is 3.34. The highest BCUT2D eigenvalue weighted by Crippen LogP contribution is 2.00. The van der Waals surface area contributed by atoms with Crippen LogP contribution in [0.3, 0.4) is 0 Å². The molecule has 84 valence electrons. The first-order chi connectivity index (χ1) is 6.87. The smallest absolute Gasteiger partial charge is 0.315 e. The quantitative estimate of drug-likeness (QED) is 0.780. The molecule has 0 atom stereocenters. The van der Waals surface area contributed by atoms with Crippen molar-refractivity contribution < 1.29 is 9.21 Å². The van der Waals surface area contributed by atoms with Crippen LogP contribution in [0.15, 0.2) is 10.7 Å². The summed E-state index contributed by atoms with van der Waals surface area (Å²) in [5.41, 5.74) is 0.487. The molecule has 2 amide bonds. The predicted octanol–water partition coefficient (Wildman–Crippen LogP) is 1.58. The fourth-order valence-corrected chi connectivity index (χ4v) is 1.05. The molecule has 0 saturated heterocycles. The molecular formula is C10H17N3O2. The third kappa shape index (κ3) is 4.49. The summed E-state index contributed by atoms with van der Waals surface area (Å²) in [5.74, 6) is 0.600. The standard InChI is InChI=1S/C10H17N3O2/c1-7-12-8(6-15-7)5-11-9(14)13-10(2,3)4/h6H,5H2,1-4H3,(H2,11,13,14). The highest BCUT2D eigenvalue weighted by molar-refractivity contribution is 5.74. The van der Waals surface area contributed by atoms with Crippen molar-refractivity contribution in [1.29, 1.82) is 0 Å². The predicted molar refractivity (Wildman–Crippen MR) is 56.4 cm³/mol. The molecule has 0 saturated carbocycles. The SMILES string of the molecule is Cc1nc(CNC(=O)NC(C)(C)C)co1. The third-order valence-corrected chi connectivity index (χ3v) is 1.59. The van der Waals surface area contributed by atoms with E-state index in [0.29, 0.717) is 12.4 Å². The van der Waals surface area contributed by atoms with Gasteiger partial charge in [0.1, 0.15) is 6.26 Å². The highest BCUT2D eigenvalue weighted by Gasteiger charge is 2.13. The number of aryl methyl sites for hydroxylation is 1. The lowest BCUT2D eigenvalue weighted by Crippen LogP contribution is -2.46. The number of nitrogens with zero attached hydrogens (tertiary/aromatic N) is 1. The molecule has 0 bridgehead atoms. The number of urea groups is 1. The molecule has 1 rings (SSSR count). The van der Waals surface area contributed by atoms with E-state index in [0.717, 1.165) is 5.69 Å². The third-order valence-electron chi connectivity index (χ3n) is 1.59. The summed E-state index contributed by atoms with van der Waals surface area (Å²) in [6.45, 7) is 7.91. The Morgan fingerprint density at radius 1 is 1.53 bits per heavy atom. The van der Waals surface area contributed by atoms with E-state index in [4.69, 9.17) is 4.42 Å². The molecule has 1 aromatic heterocycles. The highest BCUT2D eigenvalue weighted by atomic mass is 16.3. The number of hydrogen-bond donors (Lipinski definition) is 2. The molecule has 0 fully saturated rings. The average Bonchev–Trinajstić information content (AvgIpc) is 2.45. The van der Waals surface area contributed by atoms with Gasteiger partial charge in [0.2, 0.25) is 0 Å².